The molecule has 0 radical (unpaired) electrons. The van der Waals surface area contributed by atoms with E-state index in [1.807, 2.05) is 0 Å². The van der Waals surface area contributed by atoms with E-state index in [1.54, 1.807) is 14.0 Å². The Morgan fingerprint density at radius 2 is 1.88 bits per heavy atom. The predicted octanol–water partition coefficient (Wildman–Crippen LogP) is 1.41. The minimum absolute atomic E-state index is 0. The number of benzene rings is 1. The number of hydrogen-bond donors (Lipinski definition) is 2. The molecule has 2 amide bonds. The number of hydrogen-bond acceptors (Lipinski definition) is 4. The third kappa shape index (κ3) is 7.20. The molecule has 1 rings (SSSR count). The van der Waals surface area contributed by atoms with E-state index in [0.717, 1.165) is 12.1 Å². The molecule has 24 heavy (non-hydrogen) atoms. The molecule has 0 aliphatic rings. The molecule has 0 saturated carbocycles. The van der Waals surface area contributed by atoms with Crippen molar-refractivity contribution in [3.63, 3.8) is 0 Å². The summed E-state index contributed by atoms with van der Waals surface area (Å²) in [6.07, 6.45) is 0. The number of carbonyl (C=O) groups is 2. The van der Waals surface area contributed by atoms with Gasteiger partial charge in [0.2, 0.25) is 11.8 Å². The molecule has 0 aliphatic heterocycles. The van der Waals surface area contributed by atoms with Crippen LogP contribution in [0.3, 0.4) is 0 Å². The lowest BCUT2D eigenvalue weighted by molar-refractivity contribution is -0.133. The maximum Gasteiger partial charge on any atom is 0.244 e. The molecule has 2 N–H and O–H groups in total. The number of anilines is 1. The van der Waals surface area contributed by atoms with E-state index in [1.165, 1.54) is 11.0 Å². The van der Waals surface area contributed by atoms with E-state index in [0.29, 0.717) is 19.7 Å². The number of rotatable bonds is 9. The number of nitrogens with zero attached hydrogens (tertiary/aromatic N) is 1. The lowest BCUT2D eigenvalue weighted by atomic mass is 10.3. The Balaban J connectivity index is 0.00000529. The molecule has 1 aromatic rings. The molecule has 0 bridgehead atoms. The third-order valence-corrected chi connectivity index (χ3v) is 3.06. The number of methoxy groups -OCH3 is 1. The van der Waals surface area contributed by atoms with Crippen LogP contribution in [-0.2, 0) is 14.3 Å². The maximum atomic E-state index is 13.5. The average Bonchev–Trinajstić information content (AvgIpc) is 2.52. The van der Waals surface area contributed by atoms with E-state index in [9.17, 15) is 18.4 Å². The average molecular weight is 366 g/mol. The minimum Gasteiger partial charge on any atom is -0.383 e. The first-order valence-corrected chi connectivity index (χ1v) is 7.20. The molecule has 0 heterocycles. The van der Waals surface area contributed by atoms with Crippen molar-refractivity contribution in [3.05, 3.63) is 29.8 Å². The van der Waals surface area contributed by atoms with Crippen LogP contribution in [0.15, 0.2) is 18.2 Å². The second-order valence-electron chi connectivity index (χ2n) is 4.72. The van der Waals surface area contributed by atoms with Crippen molar-refractivity contribution < 1.29 is 23.1 Å². The fraction of sp³-hybridized carbons (Fsp3) is 0.467. The summed E-state index contributed by atoms with van der Waals surface area (Å²) in [7, 11) is 1.55. The Bertz CT molecular complexity index is 526. The number of amides is 2. The normalized spacial score (nSPS) is 10.0. The molecule has 6 nitrogen and oxygen atoms in total. The van der Waals surface area contributed by atoms with Gasteiger partial charge in [0.25, 0.3) is 0 Å². The van der Waals surface area contributed by atoms with E-state index in [4.69, 9.17) is 4.74 Å². The molecule has 0 spiro atoms. The number of carbonyl (C=O) groups excluding carboxylic acids is 2. The topological polar surface area (TPSA) is 70.7 Å². The summed E-state index contributed by atoms with van der Waals surface area (Å²) in [6.45, 7) is 2.76. The van der Waals surface area contributed by atoms with Crippen molar-refractivity contribution in [3.8, 4) is 0 Å². The van der Waals surface area contributed by atoms with Crippen LogP contribution >= 0.6 is 12.4 Å². The quantitative estimate of drug-likeness (QED) is 0.649. The molecule has 0 unspecified atom stereocenters. The van der Waals surface area contributed by atoms with E-state index < -0.39 is 23.2 Å². The van der Waals surface area contributed by atoms with Crippen molar-refractivity contribution in [1.29, 1.82) is 0 Å². The van der Waals surface area contributed by atoms with Crippen LogP contribution in [0.4, 0.5) is 14.5 Å². The van der Waals surface area contributed by atoms with Gasteiger partial charge in [-0.3, -0.25) is 9.59 Å². The summed E-state index contributed by atoms with van der Waals surface area (Å²) in [6, 6.07) is 3.29. The predicted molar refractivity (Wildman–Crippen MR) is 89.2 cm³/mol. The fourth-order valence-electron chi connectivity index (χ4n) is 1.83. The molecule has 1 aromatic carbocycles. The standard InChI is InChI=1S/C15H21F2N3O3.ClH/c1-3-20(14(22)9-18-7-8-23-2)10-13(21)19-15-11(16)5-4-6-12(15)17;/h4-6,18H,3,7-10H2,1-2H3,(H,19,21);1H. The van der Waals surface area contributed by atoms with Gasteiger partial charge in [0.1, 0.15) is 17.3 Å². The Hall–Kier alpha value is -1.77. The highest BCUT2D eigenvalue weighted by Crippen LogP contribution is 2.17. The fourth-order valence-corrected chi connectivity index (χ4v) is 1.83. The zero-order chi connectivity index (χ0) is 17.2. The number of para-hydroxylation sites is 1. The van der Waals surface area contributed by atoms with Crippen molar-refractivity contribution in [1.82, 2.24) is 10.2 Å². The van der Waals surface area contributed by atoms with E-state index in [2.05, 4.69) is 10.6 Å². The van der Waals surface area contributed by atoms with Crippen LogP contribution in [0.5, 0.6) is 0 Å². The highest BCUT2D eigenvalue weighted by molar-refractivity contribution is 5.95. The SMILES string of the molecule is CCN(CC(=O)Nc1c(F)cccc1F)C(=O)CNCCOC.Cl. The largest absolute Gasteiger partial charge is 0.383 e. The van der Waals surface area contributed by atoms with Gasteiger partial charge in [0.15, 0.2) is 0 Å². The Morgan fingerprint density at radius 3 is 2.42 bits per heavy atom. The summed E-state index contributed by atoms with van der Waals surface area (Å²) in [5.41, 5.74) is -0.515. The van der Waals surface area contributed by atoms with Gasteiger partial charge in [-0.1, -0.05) is 6.07 Å². The van der Waals surface area contributed by atoms with Gasteiger partial charge < -0.3 is 20.3 Å². The molecule has 0 aliphatic carbocycles. The Labute approximate surface area is 145 Å². The first-order valence-electron chi connectivity index (χ1n) is 7.20. The van der Waals surface area contributed by atoms with Crippen LogP contribution in [0.1, 0.15) is 6.92 Å². The molecular formula is C15H22ClF2N3O3. The number of ether oxygens (including phenoxy) is 1. The van der Waals surface area contributed by atoms with Gasteiger partial charge in [-0.2, -0.15) is 0 Å². The van der Waals surface area contributed by atoms with Crippen molar-refractivity contribution in [2.75, 3.05) is 45.2 Å². The maximum absolute atomic E-state index is 13.5. The van der Waals surface area contributed by atoms with Crippen LogP contribution in [0.25, 0.3) is 0 Å². The highest BCUT2D eigenvalue weighted by Gasteiger charge is 2.17. The van der Waals surface area contributed by atoms with Crippen LogP contribution < -0.4 is 10.6 Å². The van der Waals surface area contributed by atoms with Crippen molar-refractivity contribution in [2.45, 2.75) is 6.92 Å². The molecule has 136 valence electrons. The van der Waals surface area contributed by atoms with E-state index in [-0.39, 0.29) is 31.4 Å². The Kier molecular flexibility index (Phi) is 10.9. The second-order valence-corrected chi connectivity index (χ2v) is 4.72. The van der Waals surface area contributed by atoms with Crippen molar-refractivity contribution in [2.24, 2.45) is 0 Å². The monoisotopic (exact) mass is 365 g/mol. The van der Waals surface area contributed by atoms with Gasteiger partial charge in [-0.25, -0.2) is 8.78 Å². The van der Waals surface area contributed by atoms with Crippen LogP contribution in [-0.4, -0.2) is 56.6 Å². The number of nitrogens with one attached hydrogen (secondary N) is 2. The van der Waals surface area contributed by atoms with Crippen LogP contribution in [0, 0.1) is 11.6 Å². The zero-order valence-electron chi connectivity index (χ0n) is 13.6. The summed E-state index contributed by atoms with van der Waals surface area (Å²) < 4.78 is 31.8. The van der Waals surface area contributed by atoms with E-state index >= 15 is 0 Å². The Morgan fingerprint density at radius 1 is 1.25 bits per heavy atom. The summed E-state index contributed by atoms with van der Waals surface area (Å²) in [5, 5.41) is 5.03. The molecule has 9 heteroatoms. The molecular weight excluding hydrogens is 344 g/mol. The van der Waals surface area contributed by atoms with Gasteiger partial charge in [-0.05, 0) is 19.1 Å². The smallest absolute Gasteiger partial charge is 0.244 e. The van der Waals surface area contributed by atoms with Crippen LogP contribution in [0.2, 0.25) is 0 Å². The summed E-state index contributed by atoms with van der Waals surface area (Å²) in [5.74, 6) is -2.68. The summed E-state index contributed by atoms with van der Waals surface area (Å²) >= 11 is 0. The van der Waals surface area contributed by atoms with Gasteiger partial charge in [0, 0.05) is 20.2 Å². The first kappa shape index (κ1) is 22.2. The summed E-state index contributed by atoms with van der Waals surface area (Å²) in [4.78, 5) is 25.1. The number of likely N-dealkylation sites (N-methyl/N-ethyl adjacent to an activating group) is 1. The lowest BCUT2D eigenvalue weighted by Crippen LogP contribution is -2.43. The first-order chi connectivity index (χ1) is 11.0. The molecule has 0 saturated heterocycles. The lowest BCUT2D eigenvalue weighted by Gasteiger charge is -2.20. The number of halogens is 3. The molecule has 0 aromatic heterocycles. The molecule has 0 fully saturated rings. The van der Waals surface area contributed by atoms with Gasteiger partial charge >= 0.3 is 0 Å². The minimum atomic E-state index is -0.867. The second kappa shape index (κ2) is 11.7. The highest BCUT2D eigenvalue weighted by atomic mass is 35.5. The van der Waals surface area contributed by atoms with Gasteiger partial charge in [0.05, 0.1) is 19.7 Å². The van der Waals surface area contributed by atoms with Crippen molar-refractivity contribution >= 4 is 29.9 Å². The third-order valence-electron chi connectivity index (χ3n) is 3.06. The zero-order valence-corrected chi connectivity index (χ0v) is 14.4. The molecule has 0 atom stereocenters. The van der Waals surface area contributed by atoms with Gasteiger partial charge in [-0.15, -0.1) is 12.4 Å².